The maximum absolute atomic E-state index is 6.19. The molecule has 4 heterocycles. The first-order valence-electron chi connectivity index (χ1n) is 12.2. The van der Waals surface area contributed by atoms with Gasteiger partial charge in [0.1, 0.15) is 23.7 Å². The lowest BCUT2D eigenvalue weighted by molar-refractivity contribution is 0.0314. The molecule has 2 saturated heterocycles. The number of morpholine rings is 2. The van der Waals surface area contributed by atoms with Crippen LogP contribution in [0.5, 0.6) is 0 Å². The second-order valence-electron chi connectivity index (χ2n) is 8.88. The van der Waals surface area contributed by atoms with Crippen LogP contribution in [0.4, 0.5) is 17.2 Å². The summed E-state index contributed by atoms with van der Waals surface area (Å²) in [5.41, 5.74) is 4.08. The summed E-state index contributed by atoms with van der Waals surface area (Å²) in [6, 6.07) is 18.7. The monoisotopic (exact) mass is 471 g/mol. The second-order valence-corrected chi connectivity index (χ2v) is 8.88. The molecule has 8 heteroatoms. The Kier molecular flexibility index (Phi) is 6.32. The summed E-state index contributed by atoms with van der Waals surface area (Å²) in [5.74, 6) is 2.58. The van der Waals surface area contributed by atoms with E-state index in [1.165, 1.54) is 5.69 Å². The van der Waals surface area contributed by atoms with Gasteiger partial charge in [-0.2, -0.15) is 0 Å². The lowest BCUT2D eigenvalue weighted by atomic mass is 10.1. The molecule has 2 aliphatic rings. The number of furan rings is 1. The van der Waals surface area contributed by atoms with Crippen molar-refractivity contribution in [3.8, 4) is 11.3 Å². The first-order chi connectivity index (χ1) is 17.3. The second kappa shape index (κ2) is 10.0. The van der Waals surface area contributed by atoms with E-state index in [0.717, 1.165) is 98.6 Å². The van der Waals surface area contributed by atoms with Crippen molar-refractivity contribution in [3.05, 3.63) is 66.7 Å². The third kappa shape index (κ3) is 5.00. The molecule has 2 fully saturated rings. The molecule has 0 unspecified atom stereocenters. The van der Waals surface area contributed by atoms with E-state index in [-0.39, 0.29) is 0 Å². The normalized spacial score (nSPS) is 17.1. The van der Waals surface area contributed by atoms with Crippen LogP contribution in [-0.2, 0) is 16.0 Å². The zero-order valence-electron chi connectivity index (χ0n) is 19.7. The van der Waals surface area contributed by atoms with E-state index in [0.29, 0.717) is 0 Å². The fourth-order valence-electron chi connectivity index (χ4n) is 4.62. The molecule has 0 aliphatic carbocycles. The topological polar surface area (TPSA) is 75.9 Å². The molecule has 2 aromatic heterocycles. The number of ether oxygens (including phenoxy) is 2. The largest absolute Gasteiger partial charge is 0.460 e. The number of fused-ring (bicyclic) bond motifs is 1. The SMILES string of the molecule is c1nc(Nc2ccc(N3CCOCC3)cc2)c2cc(-c3ccc(CN4CCOCC4)o3)ccc2n1. The van der Waals surface area contributed by atoms with Gasteiger partial charge in [-0.15, -0.1) is 0 Å². The van der Waals surface area contributed by atoms with Crippen molar-refractivity contribution < 1.29 is 13.9 Å². The van der Waals surface area contributed by atoms with Crippen molar-refractivity contribution in [1.82, 2.24) is 14.9 Å². The molecule has 1 N–H and O–H groups in total. The van der Waals surface area contributed by atoms with Crippen molar-refractivity contribution in [2.75, 3.05) is 62.8 Å². The van der Waals surface area contributed by atoms with Crippen LogP contribution < -0.4 is 10.2 Å². The molecule has 0 atom stereocenters. The summed E-state index contributed by atoms with van der Waals surface area (Å²) >= 11 is 0. The van der Waals surface area contributed by atoms with Crippen LogP contribution in [0.25, 0.3) is 22.2 Å². The summed E-state index contributed by atoms with van der Waals surface area (Å²) < 4.78 is 17.1. The predicted octanol–water partition coefficient (Wildman–Crippen LogP) is 4.30. The van der Waals surface area contributed by atoms with Gasteiger partial charge in [-0.1, -0.05) is 0 Å². The van der Waals surface area contributed by atoms with Crippen molar-refractivity contribution in [2.45, 2.75) is 6.54 Å². The highest BCUT2D eigenvalue weighted by Crippen LogP contribution is 2.30. The van der Waals surface area contributed by atoms with Crippen LogP contribution in [-0.4, -0.2) is 67.5 Å². The molecule has 2 aromatic carbocycles. The molecule has 2 aliphatic heterocycles. The number of aromatic nitrogens is 2. The maximum atomic E-state index is 6.19. The van der Waals surface area contributed by atoms with Crippen molar-refractivity contribution in [1.29, 1.82) is 0 Å². The lowest BCUT2D eigenvalue weighted by Crippen LogP contribution is -2.36. The van der Waals surface area contributed by atoms with Gasteiger partial charge in [0.05, 0.1) is 38.5 Å². The molecule has 0 spiro atoms. The number of anilines is 3. The van der Waals surface area contributed by atoms with E-state index >= 15 is 0 Å². The van der Waals surface area contributed by atoms with Crippen molar-refractivity contribution >= 4 is 28.1 Å². The van der Waals surface area contributed by atoms with Gasteiger partial charge in [0.2, 0.25) is 0 Å². The minimum atomic E-state index is 0.774. The molecule has 4 aromatic rings. The highest BCUT2D eigenvalue weighted by molar-refractivity contribution is 5.93. The molecule has 180 valence electrons. The van der Waals surface area contributed by atoms with Gasteiger partial charge in [0.25, 0.3) is 0 Å². The van der Waals surface area contributed by atoms with Crippen molar-refractivity contribution in [3.63, 3.8) is 0 Å². The van der Waals surface area contributed by atoms with Crippen LogP contribution in [0.3, 0.4) is 0 Å². The number of nitrogens with zero attached hydrogens (tertiary/aromatic N) is 4. The van der Waals surface area contributed by atoms with E-state index in [4.69, 9.17) is 13.9 Å². The first kappa shape index (κ1) is 22.0. The molecule has 0 saturated carbocycles. The Morgan fingerprint density at radius 2 is 1.57 bits per heavy atom. The summed E-state index contributed by atoms with van der Waals surface area (Å²) in [6.45, 7) is 7.64. The summed E-state index contributed by atoms with van der Waals surface area (Å²) in [5, 5.41) is 4.42. The number of hydrogen-bond donors (Lipinski definition) is 1. The Morgan fingerprint density at radius 1 is 0.800 bits per heavy atom. The molecular weight excluding hydrogens is 442 g/mol. The van der Waals surface area contributed by atoms with Crippen LogP contribution >= 0.6 is 0 Å². The third-order valence-electron chi connectivity index (χ3n) is 6.57. The van der Waals surface area contributed by atoms with E-state index in [9.17, 15) is 0 Å². The van der Waals surface area contributed by atoms with Crippen LogP contribution in [0.15, 0.2) is 65.3 Å². The first-order valence-corrected chi connectivity index (χ1v) is 12.2. The molecule has 0 radical (unpaired) electrons. The maximum Gasteiger partial charge on any atom is 0.141 e. The van der Waals surface area contributed by atoms with Crippen LogP contribution in [0.1, 0.15) is 5.76 Å². The smallest absolute Gasteiger partial charge is 0.141 e. The van der Waals surface area contributed by atoms with Gasteiger partial charge < -0.3 is 24.1 Å². The van der Waals surface area contributed by atoms with Gasteiger partial charge in [0.15, 0.2) is 0 Å². The highest BCUT2D eigenvalue weighted by Gasteiger charge is 2.15. The molecule has 0 amide bonds. The quantitative estimate of drug-likeness (QED) is 0.446. The zero-order chi connectivity index (χ0) is 23.5. The predicted molar refractivity (Wildman–Crippen MR) is 136 cm³/mol. The standard InChI is InChI=1S/C27H29N5O3/c1-7-25-24(17-20(1)26-8-6-23(35-26)18-31-9-13-33-14-10-31)27(29-19-28-25)30-21-2-4-22(5-3-21)32-11-15-34-16-12-32/h1-8,17,19H,9-16,18H2,(H,28,29,30). The Morgan fingerprint density at radius 3 is 2.37 bits per heavy atom. The minimum Gasteiger partial charge on any atom is -0.460 e. The van der Waals surface area contributed by atoms with Crippen LogP contribution in [0, 0.1) is 0 Å². The Bertz CT molecular complexity index is 1280. The molecular formula is C27H29N5O3. The molecule has 0 bridgehead atoms. The minimum absolute atomic E-state index is 0.774. The van der Waals surface area contributed by atoms with Crippen LogP contribution in [0.2, 0.25) is 0 Å². The lowest BCUT2D eigenvalue weighted by Gasteiger charge is -2.28. The Balaban J connectivity index is 1.21. The Labute approximate surface area is 204 Å². The summed E-state index contributed by atoms with van der Waals surface area (Å²) in [4.78, 5) is 13.7. The number of rotatable bonds is 6. The third-order valence-corrected chi connectivity index (χ3v) is 6.57. The molecule has 35 heavy (non-hydrogen) atoms. The molecule has 6 rings (SSSR count). The van der Waals surface area contributed by atoms with E-state index in [1.54, 1.807) is 6.33 Å². The van der Waals surface area contributed by atoms with E-state index in [1.807, 2.05) is 18.2 Å². The average Bonchev–Trinajstić information content (AvgIpc) is 3.39. The number of benzene rings is 2. The Hall–Kier alpha value is -3.46. The zero-order valence-corrected chi connectivity index (χ0v) is 19.7. The van der Waals surface area contributed by atoms with Gasteiger partial charge in [-0.05, 0) is 54.6 Å². The summed E-state index contributed by atoms with van der Waals surface area (Å²) in [6.07, 6.45) is 1.60. The summed E-state index contributed by atoms with van der Waals surface area (Å²) in [7, 11) is 0. The van der Waals surface area contributed by atoms with Gasteiger partial charge in [-0.25, -0.2) is 9.97 Å². The van der Waals surface area contributed by atoms with Gasteiger partial charge >= 0.3 is 0 Å². The fourth-order valence-corrected chi connectivity index (χ4v) is 4.62. The number of hydrogen-bond acceptors (Lipinski definition) is 8. The van der Waals surface area contributed by atoms with Crippen molar-refractivity contribution in [2.24, 2.45) is 0 Å². The average molecular weight is 472 g/mol. The van der Waals surface area contributed by atoms with Gasteiger partial charge in [-0.3, -0.25) is 4.90 Å². The highest BCUT2D eigenvalue weighted by atomic mass is 16.5. The fraction of sp³-hybridized carbons (Fsp3) is 0.333. The number of nitrogens with one attached hydrogen (secondary N) is 1. The van der Waals surface area contributed by atoms with E-state index in [2.05, 4.69) is 61.5 Å². The molecule has 8 nitrogen and oxygen atoms in total. The van der Waals surface area contributed by atoms with Gasteiger partial charge in [0, 0.05) is 48.5 Å². The van der Waals surface area contributed by atoms with E-state index < -0.39 is 0 Å².